The molecule has 2 heterocycles. The van der Waals surface area contributed by atoms with Crippen molar-refractivity contribution < 1.29 is 18.0 Å². The van der Waals surface area contributed by atoms with Gasteiger partial charge in [-0.1, -0.05) is 60.7 Å². The Labute approximate surface area is 170 Å². The summed E-state index contributed by atoms with van der Waals surface area (Å²) in [7, 11) is 1.53. The highest BCUT2D eigenvalue weighted by atomic mass is 19.4. The number of likely N-dealkylation sites (N-methyl/N-ethyl adjacent to an activating group) is 1. The molecule has 0 bridgehead atoms. The Hall–Kier alpha value is -3.41. The lowest BCUT2D eigenvalue weighted by Crippen LogP contribution is -2.52. The zero-order valence-corrected chi connectivity index (χ0v) is 16.1. The average molecular weight is 406 g/mol. The number of amides is 1. The van der Waals surface area contributed by atoms with E-state index < -0.39 is 23.9 Å². The number of rotatable bonds is 2. The molecule has 3 aromatic carbocycles. The number of carbonyl (C=O) groups is 1. The first-order valence-electron chi connectivity index (χ1n) is 9.55. The van der Waals surface area contributed by atoms with Crippen molar-refractivity contribution in [1.29, 1.82) is 0 Å². The molecular weight excluding hydrogens is 389 g/mol. The molecule has 1 aliphatic heterocycles. The van der Waals surface area contributed by atoms with Gasteiger partial charge in [-0.3, -0.25) is 9.78 Å². The number of nitrogens with zero attached hydrogens (tertiary/aromatic N) is 2. The minimum absolute atomic E-state index is 0.165. The normalized spacial score (nSPS) is 18.9. The van der Waals surface area contributed by atoms with Gasteiger partial charge in [-0.15, -0.1) is 0 Å². The first-order valence-corrected chi connectivity index (χ1v) is 9.55. The topological polar surface area (TPSA) is 33.2 Å². The number of pyridine rings is 1. The number of para-hydroxylation sites is 1. The predicted octanol–water partition coefficient (Wildman–Crippen LogP) is 5.60. The third-order valence-corrected chi connectivity index (χ3v) is 5.87. The van der Waals surface area contributed by atoms with Crippen molar-refractivity contribution >= 4 is 33.3 Å². The van der Waals surface area contributed by atoms with E-state index in [4.69, 9.17) is 0 Å². The van der Waals surface area contributed by atoms with Gasteiger partial charge >= 0.3 is 6.18 Å². The molecule has 0 aliphatic carbocycles. The smallest absolute Gasteiger partial charge is 0.314 e. The van der Waals surface area contributed by atoms with Crippen LogP contribution in [0.25, 0.3) is 21.7 Å². The Kier molecular flexibility index (Phi) is 3.90. The van der Waals surface area contributed by atoms with Crippen LogP contribution in [0.4, 0.5) is 18.9 Å². The number of alkyl halides is 3. The maximum absolute atomic E-state index is 13.9. The van der Waals surface area contributed by atoms with E-state index in [2.05, 4.69) is 4.98 Å². The van der Waals surface area contributed by atoms with E-state index in [0.717, 1.165) is 10.8 Å². The highest BCUT2D eigenvalue weighted by Crippen LogP contribution is 2.51. The van der Waals surface area contributed by atoms with Gasteiger partial charge in [-0.25, -0.2) is 0 Å². The van der Waals surface area contributed by atoms with Crippen LogP contribution in [0.3, 0.4) is 0 Å². The monoisotopic (exact) mass is 406 g/mol. The number of benzene rings is 3. The van der Waals surface area contributed by atoms with Crippen molar-refractivity contribution in [2.24, 2.45) is 0 Å². The minimum Gasteiger partial charge on any atom is -0.314 e. The molecular formula is C24H17F3N2O. The fraction of sp³-hybridized carbons (Fsp3) is 0.167. The van der Waals surface area contributed by atoms with Gasteiger partial charge in [-0.05, 0) is 23.1 Å². The van der Waals surface area contributed by atoms with Crippen molar-refractivity contribution in [2.45, 2.75) is 18.0 Å². The molecule has 0 saturated heterocycles. The van der Waals surface area contributed by atoms with E-state index >= 15 is 0 Å². The van der Waals surface area contributed by atoms with Gasteiger partial charge in [0.25, 0.3) is 0 Å². The Bertz CT molecular complexity index is 1300. The third kappa shape index (κ3) is 2.53. The molecule has 0 radical (unpaired) electrons. The number of hydrogen-bond donors (Lipinski definition) is 0. The molecule has 5 rings (SSSR count). The van der Waals surface area contributed by atoms with E-state index in [-0.39, 0.29) is 11.3 Å². The second kappa shape index (κ2) is 6.29. The third-order valence-electron chi connectivity index (χ3n) is 5.87. The van der Waals surface area contributed by atoms with Gasteiger partial charge in [0.05, 0.1) is 23.3 Å². The molecule has 1 unspecified atom stereocenters. The fourth-order valence-corrected chi connectivity index (χ4v) is 4.62. The molecule has 0 fully saturated rings. The highest BCUT2D eigenvalue weighted by molar-refractivity contribution is 6.20. The molecule has 0 saturated carbocycles. The number of hydrogen-bond acceptors (Lipinski definition) is 2. The standard InChI is InChI=1S/C24H17F3N2O/c1-29-19-13-7-11-17-16-10-5-6-12-18(16)28-21(20(17)19)23(22(29)30,14-24(25,26)27)15-8-3-2-4-9-15/h2-13H,14H2,1H3. The SMILES string of the molecule is CN1C(=O)C(CC(F)(F)F)(c2ccccc2)c2nc3ccccc3c3cccc1c23. The molecule has 1 atom stereocenters. The number of halogens is 3. The zero-order chi connectivity index (χ0) is 21.1. The van der Waals surface area contributed by atoms with Crippen molar-refractivity contribution in [3.63, 3.8) is 0 Å². The van der Waals surface area contributed by atoms with Crippen molar-refractivity contribution in [1.82, 2.24) is 4.98 Å². The van der Waals surface area contributed by atoms with E-state index in [1.54, 1.807) is 48.5 Å². The number of carbonyl (C=O) groups excluding carboxylic acids is 1. The Morgan fingerprint density at radius 3 is 2.30 bits per heavy atom. The van der Waals surface area contributed by atoms with Crippen molar-refractivity contribution in [2.75, 3.05) is 11.9 Å². The Morgan fingerprint density at radius 1 is 0.900 bits per heavy atom. The van der Waals surface area contributed by atoms with Gasteiger partial charge in [0.1, 0.15) is 5.41 Å². The summed E-state index contributed by atoms with van der Waals surface area (Å²) < 4.78 is 41.8. The van der Waals surface area contributed by atoms with Crippen LogP contribution >= 0.6 is 0 Å². The summed E-state index contributed by atoms with van der Waals surface area (Å²) in [5.74, 6) is -0.631. The quantitative estimate of drug-likeness (QED) is 0.406. The number of aromatic nitrogens is 1. The Morgan fingerprint density at radius 2 is 1.57 bits per heavy atom. The summed E-state index contributed by atoms with van der Waals surface area (Å²) in [4.78, 5) is 19.7. The first-order chi connectivity index (χ1) is 14.3. The summed E-state index contributed by atoms with van der Waals surface area (Å²) in [6.07, 6.45) is -5.89. The molecule has 0 spiro atoms. The Balaban J connectivity index is 2.00. The lowest BCUT2D eigenvalue weighted by atomic mass is 9.69. The lowest BCUT2D eigenvalue weighted by Gasteiger charge is -2.41. The number of fused-ring (bicyclic) bond motifs is 2. The van der Waals surface area contributed by atoms with Crippen LogP contribution in [-0.2, 0) is 10.2 Å². The van der Waals surface area contributed by atoms with Crippen LogP contribution in [0.1, 0.15) is 17.7 Å². The molecule has 3 nitrogen and oxygen atoms in total. The van der Waals surface area contributed by atoms with Gasteiger partial charge in [0.15, 0.2) is 0 Å². The molecule has 1 aromatic heterocycles. The molecule has 1 amide bonds. The van der Waals surface area contributed by atoms with Crippen molar-refractivity contribution in [3.8, 4) is 0 Å². The largest absolute Gasteiger partial charge is 0.390 e. The van der Waals surface area contributed by atoms with Gasteiger partial charge in [0.2, 0.25) is 5.91 Å². The van der Waals surface area contributed by atoms with E-state index in [1.165, 1.54) is 11.9 Å². The number of anilines is 1. The van der Waals surface area contributed by atoms with Crippen LogP contribution in [0.15, 0.2) is 72.8 Å². The second-order valence-electron chi connectivity index (χ2n) is 7.60. The van der Waals surface area contributed by atoms with Crippen LogP contribution in [0, 0.1) is 0 Å². The summed E-state index contributed by atoms with van der Waals surface area (Å²) >= 11 is 0. The van der Waals surface area contributed by atoms with Gasteiger partial charge in [-0.2, -0.15) is 13.2 Å². The molecule has 4 aromatic rings. The van der Waals surface area contributed by atoms with Crippen LogP contribution in [0.5, 0.6) is 0 Å². The maximum Gasteiger partial charge on any atom is 0.390 e. The van der Waals surface area contributed by atoms with Crippen LogP contribution < -0.4 is 4.90 Å². The average Bonchev–Trinajstić information content (AvgIpc) is 2.74. The molecule has 150 valence electrons. The van der Waals surface area contributed by atoms with Crippen LogP contribution in [0.2, 0.25) is 0 Å². The lowest BCUT2D eigenvalue weighted by molar-refractivity contribution is -0.154. The van der Waals surface area contributed by atoms with Gasteiger partial charge in [0, 0.05) is 17.8 Å². The van der Waals surface area contributed by atoms with Gasteiger partial charge < -0.3 is 4.90 Å². The maximum atomic E-state index is 13.9. The zero-order valence-electron chi connectivity index (χ0n) is 16.1. The summed E-state index contributed by atoms with van der Waals surface area (Å²) in [5.41, 5.74) is -0.363. The minimum atomic E-state index is -4.57. The van der Waals surface area contributed by atoms with Crippen LogP contribution in [-0.4, -0.2) is 24.1 Å². The van der Waals surface area contributed by atoms with E-state index in [1.807, 2.05) is 24.3 Å². The van der Waals surface area contributed by atoms with E-state index in [9.17, 15) is 18.0 Å². The highest BCUT2D eigenvalue weighted by Gasteiger charge is 2.55. The molecule has 1 aliphatic rings. The first kappa shape index (κ1) is 18.6. The summed E-state index contributed by atoms with van der Waals surface area (Å²) in [5, 5.41) is 2.22. The molecule has 6 heteroatoms. The second-order valence-corrected chi connectivity index (χ2v) is 7.60. The molecule has 0 N–H and O–H groups in total. The molecule has 30 heavy (non-hydrogen) atoms. The summed E-state index contributed by atoms with van der Waals surface area (Å²) in [6, 6.07) is 21.0. The van der Waals surface area contributed by atoms with Crippen molar-refractivity contribution in [3.05, 3.63) is 84.1 Å². The van der Waals surface area contributed by atoms with E-state index in [0.29, 0.717) is 16.6 Å². The predicted molar refractivity (Wildman–Crippen MR) is 111 cm³/mol. The fourth-order valence-electron chi connectivity index (χ4n) is 4.62. The summed E-state index contributed by atoms with van der Waals surface area (Å²) in [6.45, 7) is 0.